The lowest BCUT2D eigenvalue weighted by Gasteiger charge is -2.09. The summed E-state index contributed by atoms with van der Waals surface area (Å²) in [4.78, 5) is 20.8. The Hall–Kier alpha value is -4.03. The van der Waals surface area contributed by atoms with E-state index >= 15 is 0 Å². The van der Waals surface area contributed by atoms with Crippen molar-refractivity contribution < 1.29 is 13.2 Å². The number of nitriles is 1. The van der Waals surface area contributed by atoms with Gasteiger partial charge in [-0.1, -0.05) is 30.3 Å². The van der Waals surface area contributed by atoms with E-state index in [4.69, 9.17) is 5.26 Å². The standard InChI is InChI=1S/C21H15N5O3S/c1-30(28,29)19-11-23-16(10-22)9-17(19)21(27)24-15-7-8-20-25-18(13-26(20)12-15)14-5-3-2-4-6-14/h2-9,11-13H,1H3,(H,24,27). The Morgan fingerprint density at radius 2 is 1.90 bits per heavy atom. The fourth-order valence-electron chi connectivity index (χ4n) is 2.99. The van der Waals surface area contributed by atoms with Crippen LogP contribution in [0, 0.1) is 11.3 Å². The third kappa shape index (κ3) is 3.76. The van der Waals surface area contributed by atoms with Crippen LogP contribution < -0.4 is 5.32 Å². The molecular formula is C21H15N5O3S. The number of pyridine rings is 2. The van der Waals surface area contributed by atoms with Gasteiger partial charge in [-0.3, -0.25) is 4.79 Å². The number of hydrogen-bond donors (Lipinski definition) is 1. The third-order valence-corrected chi connectivity index (χ3v) is 5.53. The van der Waals surface area contributed by atoms with E-state index in [0.29, 0.717) is 11.3 Å². The van der Waals surface area contributed by atoms with Crippen LogP contribution in [0.5, 0.6) is 0 Å². The van der Waals surface area contributed by atoms with E-state index in [2.05, 4.69) is 15.3 Å². The molecule has 30 heavy (non-hydrogen) atoms. The Morgan fingerprint density at radius 1 is 1.13 bits per heavy atom. The second kappa shape index (κ2) is 7.42. The number of carbonyl (C=O) groups is 1. The predicted molar refractivity (Wildman–Crippen MR) is 111 cm³/mol. The average molecular weight is 417 g/mol. The molecule has 0 spiro atoms. The van der Waals surface area contributed by atoms with Crippen LogP contribution in [0.3, 0.4) is 0 Å². The van der Waals surface area contributed by atoms with Crippen molar-refractivity contribution in [1.29, 1.82) is 5.26 Å². The average Bonchev–Trinajstić information content (AvgIpc) is 3.16. The van der Waals surface area contributed by atoms with Gasteiger partial charge in [0.1, 0.15) is 17.4 Å². The van der Waals surface area contributed by atoms with Gasteiger partial charge in [0.2, 0.25) is 0 Å². The van der Waals surface area contributed by atoms with Gasteiger partial charge < -0.3 is 9.72 Å². The number of nitrogens with one attached hydrogen (secondary N) is 1. The van der Waals surface area contributed by atoms with Gasteiger partial charge in [0.05, 0.1) is 21.8 Å². The number of rotatable bonds is 4. The maximum Gasteiger partial charge on any atom is 0.257 e. The molecule has 0 atom stereocenters. The van der Waals surface area contributed by atoms with Crippen molar-refractivity contribution in [3.05, 3.63) is 78.4 Å². The van der Waals surface area contributed by atoms with Gasteiger partial charge in [-0.2, -0.15) is 5.26 Å². The van der Waals surface area contributed by atoms with Crippen molar-refractivity contribution in [1.82, 2.24) is 14.4 Å². The zero-order chi connectivity index (χ0) is 21.3. The highest BCUT2D eigenvalue weighted by Gasteiger charge is 2.21. The van der Waals surface area contributed by atoms with Gasteiger partial charge in [0.15, 0.2) is 9.84 Å². The lowest BCUT2D eigenvalue weighted by atomic mass is 10.2. The van der Waals surface area contributed by atoms with Crippen LogP contribution in [0.25, 0.3) is 16.9 Å². The van der Waals surface area contributed by atoms with Crippen molar-refractivity contribution in [3.63, 3.8) is 0 Å². The molecule has 4 rings (SSSR count). The lowest BCUT2D eigenvalue weighted by Crippen LogP contribution is -2.17. The number of anilines is 1. The summed E-state index contributed by atoms with van der Waals surface area (Å²) in [6.45, 7) is 0. The number of hydrogen-bond acceptors (Lipinski definition) is 6. The van der Waals surface area contributed by atoms with E-state index < -0.39 is 15.7 Å². The van der Waals surface area contributed by atoms with Crippen LogP contribution in [0.15, 0.2) is 72.0 Å². The van der Waals surface area contributed by atoms with E-state index in [1.54, 1.807) is 22.7 Å². The Labute approximate surface area is 172 Å². The van der Waals surface area contributed by atoms with Crippen LogP contribution in [0.4, 0.5) is 5.69 Å². The summed E-state index contributed by atoms with van der Waals surface area (Å²) in [5.74, 6) is -0.655. The first-order valence-electron chi connectivity index (χ1n) is 8.81. The molecule has 9 heteroatoms. The van der Waals surface area contributed by atoms with Gasteiger partial charge in [-0.25, -0.2) is 18.4 Å². The minimum atomic E-state index is -3.71. The van der Waals surface area contributed by atoms with Gasteiger partial charge in [0.25, 0.3) is 5.91 Å². The number of fused-ring (bicyclic) bond motifs is 1. The first-order chi connectivity index (χ1) is 14.3. The van der Waals surface area contributed by atoms with Gasteiger partial charge in [-0.05, 0) is 18.2 Å². The zero-order valence-corrected chi connectivity index (χ0v) is 16.6. The minimum Gasteiger partial charge on any atom is -0.321 e. The Bertz CT molecular complexity index is 1420. The Kier molecular flexibility index (Phi) is 4.77. The highest BCUT2D eigenvalue weighted by Crippen LogP contribution is 2.21. The predicted octanol–water partition coefficient (Wildman–Crippen LogP) is 2.92. The number of sulfone groups is 1. The van der Waals surface area contributed by atoms with Crippen molar-refractivity contribution in [2.24, 2.45) is 0 Å². The summed E-state index contributed by atoms with van der Waals surface area (Å²) in [5.41, 5.74) is 2.69. The first kappa shape index (κ1) is 19.3. The SMILES string of the molecule is CS(=O)(=O)c1cnc(C#N)cc1C(=O)Nc1ccc2nc(-c3ccccc3)cn2c1. The molecule has 3 heterocycles. The molecule has 148 valence electrons. The monoisotopic (exact) mass is 417 g/mol. The van der Waals surface area contributed by atoms with Gasteiger partial charge >= 0.3 is 0 Å². The molecule has 8 nitrogen and oxygen atoms in total. The Balaban J connectivity index is 1.68. The molecule has 1 N–H and O–H groups in total. The highest BCUT2D eigenvalue weighted by atomic mass is 32.2. The van der Waals surface area contributed by atoms with E-state index in [9.17, 15) is 13.2 Å². The van der Waals surface area contributed by atoms with E-state index in [-0.39, 0.29) is 16.2 Å². The fraction of sp³-hybridized carbons (Fsp3) is 0.0476. The van der Waals surface area contributed by atoms with Crippen molar-refractivity contribution in [2.45, 2.75) is 4.90 Å². The summed E-state index contributed by atoms with van der Waals surface area (Å²) < 4.78 is 25.8. The number of amides is 1. The number of carbonyl (C=O) groups excluding carboxylic acids is 1. The summed E-state index contributed by atoms with van der Waals surface area (Å²) in [5, 5.41) is 11.7. The van der Waals surface area contributed by atoms with Crippen LogP contribution >= 0.6 is 0 Å². The van der Waals surface area contributed by atoms with Gasteiger partial charge in [0, 0.05) is 30.4 Å². The highest BCUT2D eigenvalue weighted by molar-refractivity contribution is 7.90. The third-order valence-electron chi connectivity index (χ3n) is 4.40. The molecule has 1 aromatic carbocycles. The number of imidazole rings is 1. The van der Waals surface area contributed by atoms with Crippen molar-refractivity contribution in [3.8, 4) is 17.3 Å². The summed E-state index contributed by atoms with van der Waals surface area (Å²) in [7, 11) is -3.71. The molecule has 0 aliphatic carbocycles. The van der Waals surface area contributed by atoms with Crippen LogP contribution in [0.2, 0.25) is 0 Å². The molecule has 3 aromatic heterocycles. The largest absolute Gasteiger partial charge is 0.321 e. The molecule has 0 radical (unpaired) electrons. The molecule has 0 saturated carbocycles. The second-order valence-electron chi connectivity index (χ2n) is 6.58. The lowest BCUT2D eigenvalue weighted by molar-refractivity contribution is 0.102. The van der Waals surface area contributed by atoms with E-state index in [1.807, 2.05) is 42.6 Å². The number of aromatic nitrogens is 3. The van der Waals surface area contributed by atoms with Crippen LogP contribution in [0.1, 0.15) is 16.1 Å². The van der Waals surface area contributed by atoms with Crippen LogP contribution in [-0.2, 0) is 9.84 Å². The number of nitrogens with zero attached hydrogens (tertiary/aromatic N) is 4. The smallest absolute Gasteiger partial charge is 0.257 e. The topological polar surface area (TPSA) is 117 Å². The molecule has 0 bridgehead atoms. The minimum absolute atomic E-state index is 0.0508. The molecule has 1 amide bonds. The van der Waals surface area contributed by atoms with Crippen LogP contribution in [-0.4, -0.2) is 34.9 Å². The first-order valence-corrected chi connectivity index (χ1v) is 10.7. The Morgan fingerprint density at radius 3 is 2.60 bits per heavy atom. The van der Waals surface area contributed by atoms with Crippen molar-refractivity contribution in [2.75, 3.05) is 11.6 Å². The quantitative estimate of drug-likeness (QED) is 0.546. The summed E-state index contributed by atoms with van der Waals surface area (Å²) in [6, 6.07) is 16.1. The van der Waals surface area contributed by atoms with Crippen molar-refractivity contribution >= 4 is 27.1 Å². The van der Waals surface area contributed by atoms with E-state index in [1.165, 1.54) is 0 Å². The maximum atomic E-state index is 12.8. The molecule has 4 aromatic rings. The normalized spacial score (nSPS) is 11.2. The maximum absolute atomic E-state index is 12.8. The molecule has 0 saturated heterocycles. The molecule has 0 unspecified atom stereocenters. The molecule has 0 fully saturated rings. The van der Waals surface area contributed by atoms with E-state index in [0.717, 1.165) is 29.8 Å². The molecule has 0 aliphatic heterocycles. The fourth-order valence-corrected chi connectivity index (χ4v) is 3.78. The number of benzene rings is 1. The molecule has 0 aliphatic rings. The molecular weight excluding hydrogens is 402 g/mol. The zero-order valence-electron chi connectivity index (χ0n) is 15.8. The van der Waals surface area contributed by atoms with Gasteiger partial charge in [-0.15, -0.1) is 0 Å². The summed E-state index contributed by atoms with van der Waals surface area (Å²) >= 11 is 0. The second-order valence-corrected chi connectivity index (χ2v) is 8.56. The summed E-state index contributed by atoms with van der Waals surface area (Å²) in [6.07, 6.45) is 5.52.